The summed E-state index contributed by atoms with van der Waals surface area (Å²) in [5.41, 5.74) is 6.64. The lowest BCUT2D eigenvalue weighted by Gasteiger charge is -2.34. The van der Waals surface area contributed by atoms with E-state index in [0.717, 1.165) is 5.56 Å². The van der Waals surface area contributed by atoms with Gasteiger partial charge in [-0.1, -0.05) is 12.1 Å². The van der Waals surface area contributed by atoms with Gasteiger partial charge in [-0.15, -0.1) is 0 Å². The number of carbonyl (C=O) groups is 2. The quantitative estimate of drug-likeness (QED) is 0.0408. The number of guanidine groups is 1. The van der Waals surface area contributed by atoms with Gasteiger partial charge in [0.1, 0.15) is 16.0 Å². The number of rotatable bonds is 19. The van der Waals surface area contributed by atoms with Gasteiger partial charge in [-0.25, -0.2) is 18.5 Å². The molecule has 0 saturated carbocycles. The second kappa shape index (κ2) is 18.9. The Morgan fingerprint density at radius 3 is 2.53 bits per heavy atom. The molecule has 0 aliphatic carbocycles. The summed E-state index contributed by atoms with van der Waals surface area (Å²) >= 11 is 0. The second-order valence-corrected chi connectivity index (χ2v) is 15.5. The Bertz CT molecular complexity index is 1620. The molecular weight excluding hydrogens is 679 g/mol. The van der Waals surface area contributed by atoms with Gasteiger partial charge in [0.05, 0.1) is 24.9 Å². The fourth-order valence-corrected chi connectivity index (χ4v) is 8.55. The first-order valence-electron chi connectivity index (χ1n) is 16.3. The summed E-state index contributed by atoms with van der Waals surface area (Å²) in [5.74, 6) is -0.810. The number of fused-ring (bicyclic) bond motifs is 1. The number of nitrogens with two attached hydrogens (primary N) is 1. The molecule has 1 fully saturated rings. The molecule has 1 aliphatic rings. The molecule has 5 N–H and O–H groups in total. The number of nitro groups is 1. The molecule has 49 heavy (non-hydrogen) atoms. The Morgan fingerprint density at radius 2 is 1.88 bits per heavy atom. The topological polar surface area (TPSA) is 238 Å². The first kappa shape index (κ1) is 39.7. The van der Waals surface area contributed by atoms with Crippen molar-refractivity contribution in [2.75, 3.05) is 45.6 Å². The molecule has 3 rings (SSSR count). The van der Waals surface area contributed by atoms with E-state index in [1.54, 1.807) is 37.1 Å². The van der Waals surface area contributed by atoms with Gasteiger partial charge in [-0.05, 0) is 76.5 Å². The van der Waals surface area contributed by atoms with Crippen molar-refractivity contribution >= 4 is 46.3 Å². The standard InChI is InChI=1S/C30H47N8O9PS/c1-4-46-48(43,47-5-2)19-14-27(39)32-16-11-23-12-17-37(18-13-23)29(40)25(9-7-15-33-30(31)35-38(41)42)36-49(44,45)26-10-6-8-24-20-22(3)21-34-28(24)26/h6,8,10,20-21,23,25,36H,4-5,7,9,11-19H2,1-3H3,(H,32,39)(H3,31,33,35)/t25-/m0/s1. The number of hydrogen-bond donors (Lipinski definition) is 4. The Balaban J connectivity index is 1.60. The van der Waals surface area contributed by atoms with Crippen molar-refractivity contribution in [2.45, 2.75) is 70.2 Å². The van der Waals surface area contributed by atoms with E-state index in [1.165, 1.54) is 6.07 Å². The molecule has 1 aliphatic heterocycles. The number of carbonyl (C=O) groups excluding carboxylic acids is 2. The summed E-state index contributed by atoms with van der Waals surface area (Å²) < 4.78 is 53.0. The third-order valence-electron chi connectivity index (χ3n) is 7.93. The van der Waals surface area contributed by atoms with Crippen LogP contribution in [0.2, 0.25) is 0 Å². The zero-order valence-electron chi connectivity index (χ0n) is 28.1. The predicted octanol–water partition coefficient (Wildman–Crippen LogP) is 2.47. The number of nitrogens with one attached hydrogen (secondary N) is 3. The normalized spacial score (nSPS) is 15.2. The van der Waals surface area contributed by atoms with Crippen LogP contribution in [0.15, 0.2) is 40.5 Å². The number of aryl methyl sites for hydroxylation is 1. The molecule has 1 atom stereocenters. The van der Waals surface area contributed by atoms with Gasteiger partial charge >= 0.3 is 7.60 Å². The van der Waals surface area contributed by atoms with Gasteiger partial charge in [0.15, 0.2) is 5.03 Å². The lowest BCUT2D eigenvalue weighted by atomic mass is 9.93. The number of sulfonamides is 1. The maximum absolute atomic E-state index is 13.8. The maximum atomic E-state index is 13.8. The third-order valence-corrected chi connectivity index (χ3v) is 11.5. The number of aromatic nitrogens is 1. The lowest BCUT2D eigenvalue weighted by molar-refractivity contribution is -0.485. The summed E-state index contributed by atoms with van der Waals surface area (Å²) in [4.78, 5) is 42.6. The first-order chi connectivity index (χ1) is 23.3. The maximum Gasteiger partial charge on any atom is 0.331 e. The SMILES string of the molecule is CCOP(=O)(CCC(=O)NCCC1CCN(C(=O)[C@H](CCCN/C(N)=N/[N+](=O)[O-])NS(=O)(=O)c2cccc3cc(C)cnc23)CC1)OCC. The Kier molecular flexibility index (Phi) is 15.3. The van der Waals surface area contributed by atoms with Crippen LogP contribution < -0.4 is 21.1 Å². The van der Waals surface area contributed by atoms with Crippen LogP contribution >= 0.6 is 7.60 Å². The second-order valence-electron chi connectivity index (χ2n) is 11.6. The van der Waals surface area contributed by atoms with E-state index in [-0.39, 0.29) is 73.3 Å². The van der Waals surface area contributed by atoms with E-state index >= 15 is 0 Å². The van der Waals surface area contributed by atoms with Crippen LogP contribution in [0.25, 0.3) is 10.9 Å². The zero-order valence-corrected chi connectivity index (χ0v) is 29.8. The minimum Gasteiger partial charge on any atom is -0.365 e. The van der Waals surface area contributed by atoms with Crippen LogP contribution in [0.1, 0.15) is 57.9 Å². The number of benzene rings is 1. The highest BCUT2D eigenvalue weighted by molar-refractivity contribution is 7.89. The van der Waals surface area contributed by atoms with E-state index in [2.05, 4.69) is 25.4 Å². The average Bonchev–Trinajstić information content (AvgIpc) is 3.04. The van der Waals surface area contributed by atoms with Crippen molar-refractivity contribution in [2.24, 2.45) is 16.8 Å². The van der Waals surface area contributed by atoms with E-state index in [9.17, 15) is 32.7 Å². The largest absolute Gasteiger partial charge is 0.365 e. The summed E-state index contributed by atoms with van der Waals surface area (Å²) in [6.07, 6.45) is 3.93. The van der Waals surface area contributed by atoms with E-state index in [1.807, 2.05) is 13.0 Å². The highest BCUT2D eigenvalue weighted by Gasteiger charge is 2.32. The number of pyridine rings is 1. The van der Waals surface area contributed by atoms with Crippen LogP contribution in [0.3, 0.4) is 0 Å². The number of para-hydroxylation sites is 1. The minimum atomic E-state index is -4.20. The van der Waals surface area contributed by atoms with Crippen molar-refractivity contribution < 1.29 is 36.7 Å². The highest BCUT2D eigenvalue weighted by atomic mass is 32.2. The van der Waals surface area contributed by atoms with Crippen LogP contribution in [-0.2, 0) is 33.2 Å². The smallest absolute Gasteiger partial charge is 0.331 e. The van der Waals surface area contributed by atoms with E-state index in [4.69, 9.17) is 14.8 Å². The molecule has 1 saturated heterocycles. The molecule has 1 aromatic heterocycles. The molecule has 0 bridgehead atoms. The Morgan fingerprint density at radius 1 is 1.18 bits per heavy atom. The summed E-state index contributed by atoms with van der Waals surface area (Å²) in [5, 5.41) is 18.7. The highest BCUT2D eigenvalue weighted by Crippen LogP contribution is 2.48. The predicted molar refractivity (Wildman–Crippen MR) is 184 cm³/mol. The zero-order chi connectivity index (χ0) is 36.0. The molecule has 2 amide bonds. The van der Waals surface area contributed by atoms with Gasteiger partial charge in [-0.3, -0.25) is 19.1 Å². The fourth-order valence-electron chi connectivity index (χ4n) is 5.55. The molecule has 1 aromatic carbocycles. The number of nitrogens with zero attached hydrogens (tertiary/aromatic N) is 4. The first-order valence-corrected chi connectivity index (χ1v) is 19.5. The van der Waals surface area contributed by atoms with Crippen LogP contribution in [0.5, 0.6) is 0 Å². The van der Waals surface area contributed by atoms with Gasteiger partial charge in [0.2, 0.25) is 21.8 Å². The molecule has 272 valence electrons. The lowest BCUT2D eigenvalue weighted by Crippen LogP contribution is -2.51. The van der Waals surface area contributed by atoms with E-state index < -0.39 is 34.7 Å². The van der Waals surface area contributed by atoms with Gasteiger partial charge in [0, 0.05) is 44.2 Å². The van der Waals surface area contributed by atoms with Crippen molar-refractivity contribution in [3.8, 4) is 0 Å². The molecule has 0 spiro atoms. The summed E-state index contributed by atoms with van der Waals surface area (Å²) in [7, 11) is -7.50. The number of hydrogen-bond acceptors (Lipinski definition) is 10. The molecule has 0 radical (unpaired) electrons. The Hall–Kier alpha value is -3.70. The van der Waals surface area contributed by atoms with Crippen molar-refractivity contribution in [3.05, 3.63) is 46.1 Å². The summed E-state index contributed by atoms with van der Waals surface area (Å²) in [6.45, 7) is 7.06. The van der Waals surface area contributed by atoms with Crippen LogP contribution in [0, 0.1) is 23.0 Å². The number of hydrazone groups is 1. The molecule has 2 aromatic rings. The monoisotopic (exact) mass is 726 g/mol. The third kappa shape index (κ3) is 12.6. The van der Waals surface area contributed by atoms with Crippen molar-refractivity contribution in [1.29, 1.82) is 0 Å². The van der Waals surface area contributed by atoms with E-state index in [0.29, 0.717) is 44.3 Å². The minimum absolute atomic E-state index is 0.00145. The van der Waals surface area contributed by atoms with Gasteiger partial charge in [0.25, 0.3) is 5.96 Å². The molecule has 0 unspecified atom stereocenters. The Labute approximate surface area is 286 Å². The number of piperidine rings is 1. The summed E-state index contributed by atoms with van der Waals surface area (Å²) in [6, 6.07) is 5.51. The van der Waals surface area contributed by atoms with Crippen LogP contribution in [0.4, 0.5) is 0 Å². The van der Waals surface area contributed by atoms with Gasteiger partial charge in [-0.2, -0.15) is 4.72 Å². The van der Waals surface area contributed by atoms with Crippen molar-refractivity contribution in [1.82, 2.24) is 25.2 Å². The molecular formula is C30H47N8O9PS. The van der Waals surface area contributed by atoms with Crippen molar-refractivity contribution in [3.63, 3.8) is 0 Å². The van der Waals surface area contributed by atoms with Gasteiger partial charge < -0.3 is 30.3 Å². The average molecular weight is 727 g/mol. The van der Waals surface area contributed by atoms with Crippen LogP contribution in [-0.4, -0.2) is 92.7 Å². The molecule has 19 heteroatoms. The number of amides is 2. The number of likely N-dealkylation sites (tertiary alicyclic amines) is 1. The fraction of sp³-hybridized carbons (Fsp3) is 0.600. The molecule has 17 nitrogen and oxygen atoms in total. The molecule has 2 heterocycles.